The van der Waals surface area contributed by atoms with Crippen LogP contribution in [0.5, 0.6) is 0 Å². The summed E-state index contributed by atoms with van der Waals surface area (Å²) in [4.78, 5) is 4.91. The van der Waals surface area contributed by atoms with Crippen LogP contribution in [0, 0.1) is 39.0 Å². The molecule has 70 heavy (non-hydrogen) atoms. The molecule has 330 valence electrons. The summed E-state index contributed by atoms with van der Waals surface area (Å²) in [5.74, 6) is 0. The Hall–Kier alpha value is -9.18. The Morgan fingerprint density at radius 3 is 1.34 bits per heavy atom. The number of pyridine rings is 1. The predicted molar refractivity (Wildman–Crippen MR) is 287 cm³/mol. The number of aromatic nitrogens is 3. The second-order valence-electron chi connectivity index (χ2n) is 18.8. The van der Waals surface area contributed by atoms with Crippen LogP contribution >= 0.6 is 0 Å². The Balaban J connectivity index is 1.35. The average molecular weight is 899 g/mol. The number of hydrogen-bond donors (Lipinski definition) is 0. The summed E-state index contributed by atoms with van der Waals surface area (Å²) in [5, 5.41) is 20.9. The van der Waals surface area contributed by atoms with E-state index < -0.39 is 0 Å². The maximum absolute atomic E-state index is 12.4. The molecule has 6 nitrogen and oxygen atoms in total. The topological polar surface area (TPSA) is 72.8 Å². The van der Waals surface area contributed by atoms with E-state index in [1.54, 1.807) is 0 Å². The van der Waals surface area contributed by atoms with Gasteiger partial charge in [-0.3, -0.25) is 4.98 Å². The van der Waals surface area contributed by atoms with Crippen LogP contribution in [0.3, 0.4) is 0 Å². The quantitative estimate of drug-likeness (QED) is 0.172. The van der Waals surface area contributed by atoms with Gasteiger partial charge in [0, 0.05) is 82.3 Å². The molecule has 0 aliphatic heterocycles. The molecule has 0 spiro atoms. The molecule has 0 aliphatic carbocycles. The third-order valence-electron chi connectivity index (χ3n) is 14.4. The number of nitrogens with zero attached hydrogens (tertiary/aromatic N) is 4. The zero-order chi connectivity index (χ0) is 46.9. The number of fused-ring (bicyclic) bond motifs is 12. The van der Waals surface area contributed by atoms with Crippen molar-refractivity contribution in [2.24, 2.45) is 0 Å². The highest BCUT2D eigenvalue weighted by Crippen LogP contribution is 2.55. The van der Waals surface area contributed by atoms with Gasteiger partial charge in [-0.25, -0.2) is 0 Å². The van der Waals surface area contributed by atoms with E-state index in [9.17, 15) is 5.26 Å². The second kappa shape index (κ2) is 14.9. The zero-order valence-corrected chi connectivity index (χ0v) is 38.9. The van der Waals surface area contributed by atoms with Crippen LogP contribution in [0.15, 0.2) is 191 Å². The van der Waals surface area contributed by atoms with Crippen molar-refractivity contribution in [2.45, 2.75) is 27.7 Å². The molecule has 5 heterocycles. The lowest BCUT2D eigenvalue weighted by Crippen LogP contribution is -2.12. The van der Waals surface area contributed by atoms with Crippen LogP contribution < -0.4 is 0 Å². The van der Waals surface area contributed by atoms with Crippen LogP contribution in [-0.2, 0) is 0 Å². The lowest BCUT2D eigenvalue weighted by atomic mass is 9.82. The standard InChI is InChI=1S/C64H42N4O2/c1-36-27-29-54-49(31-36)41-15-5-9-23-52(41)67(54)61-59(47-21-13-19-45-43-17-7-11-25-56(43)69-63(45)47)51(35-65)58(40-33-38(3)66-39(4)34-40)60(48-22-14-20-46-44-18-8-12-26-57(44)70-64(46)48)62(61)68-53-24-10-6-16-42(53)50-32-37(2)28-30-55(50)68/h5-34H,1-4H3. The van der Waals surface area contributed by atoms with Crippen molar-refractivity contribution < 1.29 is 8.83 Å². The highest BCUT2D eigenvalue weighted by molar-refractivity contribution is 6.20. The largest absolute Gasteiger partial charge is 0.455 e. The first kappa shape index (κ1) is 39.9. The molecule has 14 aromatic rings. The summed E-state index contributed by atoms with van der Waals surface area (Å²) < 4.78 is 19.0. The molecule has 0 saturated carbocycles. The molecule has 0 N–H and O–H groups in total. The number of aryl methyl sites for hydroxylation is 4. The van der Waals surface area contributed by atoms with Crippen molar-refractivity contribution in [2.75, 3.05) is 0 Å². The maximum atomic E-state index is 12.4. The maximum Gasteiger partial charge on any atom is 0.143 e. The Kier molecular flexibility index (Phi) is 8.51. The molecule has 6 heteroatoms. The Bertz CT molecular complexity index is 4590. The summed E-state index contributed by atoms with van der Waals surface area (Å²) in [5.41, 5.74) is 18.4. The van der Waals surface area contributed by atoms with Crippen molar-refractivity contribution in [3.05, 3.63) is 210 Å². The first-order valence-electron chi connectivity index (χ1n) is 23.8. The highest BCUT2D eigenvalue weighted by atomic mass is 16.3. The zero-order valence-electron chi connectivity index (χ0n) is 38.9. The fourth-order valence-corrected chi connectivity index (χ4v) is 11.6. The molecule has 0 atom stereocenters. The summed E-state index contributed by atoms with van der Waals surface area (Å²) in [6.45, 7) is 8.37. The Morgan fingerprint density at radius 2 is 0.829 bits per heavy atom. The molecule has 9 aromatic carbocycles. The van der Waals surface area contributed by atoms with Gasteiger partial charge in [-0.2, -0.15) is 5.26 Å². The Morgan fingerprint density at radius 1 is 0.400 bits per heavy atom. The van der Waals surface area contributed by atoms with Gasteiger partial charge < -0.3 is 18.0 Å². The summed E-state index contributed by atoms with van der Waals surface area (Å²) in [6, 6.07) is 67.3. The minimum atomic E-state index is 0.509. The molecule has 0 bridgehead atoms. The van der Waals surface area contributed by atoms with Crippen LogP contribution in [0.1, 0.15) is 28.1 Å². The second-order valence-corrected chi connectivity index (χ2v) is 18.8. The van der Waals surface area contributed by atoms with E-state index in [4.69, 9.17) is 13.8 Å². The lowest BCUT2D eigenvalue weighted by molar-refractivity contribution is 0.669. The predicted octanol–water partition coefficient (Wildman–Crippen LogP) is 17.2. The number of nitriles is 1. The fraction of sp³-hybridized carbons (Fsp3) is 0.0625. The minimum absolute atomic E-state index is 0.509. The lowest BCUT2D eigenvalue weighted by Gasteiger charge is -2.28. The normalized spacial score (nSPS) is 12.0. The highest BCUT2D eigenvalue weighted by Gasteiger charge is 2.34. The van der Waals surface area contributed by atoms with E-state index in [1.807, 2.05) is 38.1 Å². The molecule has 0 aliphatic rings. The van der Waals surface area contributed by atoms with Gasteiger partial charge in [0.15, 0.2) is 0 Å². The summed E-state index contributed by atoms with van der Waals surface area (Å²) >= 11 is 0. The average Bonchev–Trinajstić information content (AvgIpc) is 4.13. The minimum Gasteiger partial charge on any atom is -0.455 e. The number of benzene rings is 9. The van der Waals surface area contributed by atoms with Gasteiger partial charge in [-0.05, 0) is 93.9 Å². The van der Waals surface area contributed by atoms with Crippen molar-refractivity contribution in [3.63, 3.8) is 0 Å². The molecule has 0 radical (unpaired) electrons. The third-order valence-corrected chi connectivity index (χ3v) is 14.4. The molecular formula is C64H42N4O2. The Labute approximate surface area is 402 Å². The monoisotopic (exact) mass is 898 g/mol. The molecule has 0 fully saturated rings. The van der Waals surface area contributed by atoms with Gasteiger partial charge in [0.2, 0.25) is 0 Å². The van der Waals surface area contributed by atoms with E-state index in [0.29, 0.717) is 11.1 Å². The smallest absolute Gasteiger partial charge is 0.143 e. The van der Waals surface area contributed by atoms with Crippen molar-refractivity contribution >= 4 is 87.5 Å². The van der Waals surface area contributed by atoms with Crippen LogP contribution in [0.2, 0.25) is 0 Å². The van der Waals surface area contributed by atoms with E-state index in [1.165, 1.54) is 5.56 Å². The first-order chi connectivity index (χ1) is 34.3. The number of para-hydroxylation sites is 6. The summed E-state index contributed by atoms with van der Waals surface area (Å²) in [6.07, 6.45) is 0. The van der Waals surface area contributed by atoms with Crippen LogP contribution in [0.4, 0.5) is 0 Å². The van der Waals surface area contributed by atoms with E-state index in [2.05, 4.69) is 187 Å². The molecule has 0 saturated heterocycles. The van der Waals surface area contributed by atoms with Crippen LogP contribution in [0.25, 0.3) is 132 Å². The SMILES string of the molecule is Cc1ccc2c(c1)c1ccccc1n2-c1c(-c2cccc3c2oc2ccccc23)c(C#N)c(-c2cc(C)nc(C)c2)c(-c2cccc3c2oc2ccccc23)c1-n1c2ccccc2c2cc(C)ccc21. The van der Waals surface area contributed by atoms with Crippen molar-refractivity contribution in [3.8, 4) is 50.8 Å². The number of furan rings is 2. The summed E-state index contributed by atoms with van der Waals surface area (Å²) in [7, 11) is 0. The van der Waals surface area contributed by atoms with Gasteiger partial charge >= 0.3 is 0 Å². The van der Waals surface area contributed by atoms with E-state index in [-0.39, 0.29) is 0 Å². The molecule has 5 aromatic heterocycles. The molecule has 14 rings (SSSR count). The van der Waals surface area contributed by atoms with E-state index in [0.717, 1.165) is 144 Å². The van der Waals surface area contributed by atoms with Gasteiger partial charge in [0.05, 0.1) is 39.0 Å². The van der Waals surface area contributed by atoms with Gasteiger partial charge in [0.25, 0.3) is 0 Å². The van der Waals surface area contributed by atoms with Gasteiger partial charge in [0.1, 0.15) is 28.4 Å². The number of rotatable bonds is 5. The molecular weight excluding hydrogens is 857 g/mol. The van der Waals surface area contributed by atoms with Gasteiger partial charge in [-0.1, -0.05) is 132 Å². The van der Waals surface area contributed by atoms with E-state index >= 15 is 0 Å². The first-order valence-corrected chi connectivity index (χ1v) is 23.8. The number of hydrogen-bond acceptors (Lipinski definition) is 4. The van der Waals surface area contributed by atoms with Crippen molar-refractivity contribution in [1.82, 2.24) is 14.1 Å². The van der Waals surface area contributed by atoms with Gasteiger partial charge in [-0.15, -0.1) is 0 Å². The fourth-order valence-electron chi connectivity index (χ4n) is 11.6. The third kappa shape index (κ3) is 5.63. The van der Waals surface area contributed by atoms with Crippen LogP contribution in [-0.4, -0.2) is 14.1 Å². The molecule has 0 unspecified atom stereocenters. The molecule has 0 amide bonds. The van der Waals surface area contributed by atoms with Crippen molar-refractivity contribution in [1.29, 1.82) is 5.26 Å².